The number of likely N-dealkylation sites (tertiary alicyclic amines) is 1. The highest BCUT2D eigenvalue weighted by molar-refractivity contribution is 5.75. The van der Waals surface area contributed by atoms with Crippen LogP contribution in [0.25, 0.3) is 0 Å². The van der Waals surface area contributed by atoms with E-state index in [1.54, 1.807) is 0 Å². The zero-order valence-corrected chi connectivity index (χ0v) is 11.3. The summed E-state index contributed by atoms with van der Waals surface area (Å²) in [4.78, 5) is 14.3. The van der Waals surface area contributed by atoms with Gasteiger partial charge in [-0.15, -0.1) is 0 Å². The number of ether oxygens (including phenoxy) is 2. The van der Waals surface area contributed by atoms with Gasteiger partial charge in [0.2, 0.25) is 0 Å². The minimum absolute atomic E-state index is 0.102. The van der Waals surface area contributed by atoms with Crippen molar-refractivity contribution in [2.24, 2.45) is 5.41 Å². The Bertz CT molecular complexity index is 381. The molecule has 0 radical (unpaired) electrons. The van der Waals surface area contributed by atoms with E-state index in [0.29, 0.717) is 6.10 Å². The van der Waals surface area contributed by atoms with Crippen molar-refractivity contribution in [2.45, 2.75) is 50.4 Å². The molecule has 4 unspecified atom stereocenters. The first-order valence-corrected chi connectivity index (χ1v) is 7.53. The average Bonchev–Trinajstić information content (AvgIpc) is 3.16. The zero-order chi connectivity index (χ0) is 12.9. The van der Waals surface area contributed by atoms with Gasteiger partial charge in [0.15, 0.2) is 0 Å². The molecular weight excluding hydrogens is 244 g/mol. The standard InChI is InChI=1S/C14H22N2O3/c17-13(15-11-7-10-1-2-12(11)19-10)16-5-3-14(8-16)4-6-18-9-14/h10-12H,1-9H2,(H,15,17). The minimum Gasteiger partial charge on any atom is -0.381 e. The first-order valence-electron chi connectivity index (χ1n) is 7.53. The number of hydrogen-bond acceptors (Lipinski definition) is 3. The van der Waals surface area contributed by atoms with E-state index in [4.69, 9.17) is 9.47 Å². The summed E-state index contributed by atoms with van der Waals surface area (Å²) < 4.78 is 11.3. The molecule has 0 aromatic rings. The van der Waals surface area contributed by atoms with Crippen molar-refractivity contribution in [1.29, 1.82) is 0 Å². The SMILES string of the molecule is O=C(NC1CC2CCC1O2)N1CCC2(CCOC2)C1. The van der Waals surface area contributed by atoms with Crippen LogP contribution in [-0.2, 0) is 9.47 Å². The molecule has 5 nitrogen and oxygen atoms in total. The van der Waals surface area contributed by atoms with Crippen LogP contribution in [0.15, 0.2) is 0 Å². The van der Waals surface area contributed by atoms with Gasteiger partial charge in [-0.3, -0.25) is 0 Å². The van der Waals surface area contributed by atoms with Gasteiger partial charge in [0.1, 0.15) is 0 Å². The third-order valence-electron chi connectivity index (χ3n) is 5.33. The summed E-state index contributed by atoms with van der Waals surface area (Å²) in [7, 11) is 0. The third-order valence-corrected chi connectivity index (χ3v) is 5.33. The van der Waals surface area contributed by atoms with Gasteiger partial charge < -0.3 is 19.7 Å². The summed E-state index contributed by atoms with van der Waals surface area (Å²) >= 11 is 0. The number of rotatable bonds is 1. The normalized spacial score (nSPS) is 44.4. The molecule has 4 fully saturated rings. The summed E-state index contributed by atoms with van der Waals surface area (Å²) in [6, 6.07) is 0.340. The Hall–Kier alpha value is -0.810. The second kappa shape index (κ2) is 4.35. The molecule has 19 heavy (non-hydrogen) atoms. The molecule has 0 saturated carbocycles. The summed E-state index contributed by atoms with van der Waals surface area (Å²) in [6.07, 6.45) is 6.12. The molecular formula is C14H22N2O3. The van der Waals surface area contributed by atoms with Crippen LogP contribution < -0.4 is 5.32 Å². The van der Waals surface area contributed by atoms with Crippen LogP contribution in [0.1, 0.15) is 32.1 Å². The first-order chi connectivity index (χ1) is 9.24. The molecule has 4 aliphatic rings. The lowest BCUT2D eigenvalue weighted by molar-refractivity contribution is 0.0970. The second-order valence-electron chi connectivity index (χ2n) is 6.64. The maximum atomic E-state index is 12.3. The molecule has 4 saturated heterocycles. The van der Waals surface area contributed by atoms with Crippen LogP contribution in [0.2, 0.25) is 0 Å². The predicted octanol–water partition coefficient (Wildman–Crippen LogP) is 1.13. The van der Waals surface area contributed by atoms with Gasteiger partial charge in [-0.1, -0.05) is 0 Å². The van der Waals surface area contributed by atoms with Gasteiger partial charge in [0.25, 0.3) is 0 Å². The number of fused-ring (bicyclic) bond motifs is 2. The largest absolute Gasteiger partial charge is 0.381 e. The molecule has 4 atom stereocenters. The number of urea groups is 1. The topological polar surface area (TPSA) is 50.8 Å². The van der Waals surface area contributed by atoms with Crippen molar-refractivity contribution in [3.05, 3.63) is 0 Å². The van der Waals surface area contributed by atoms with Crippen molar-refractivity contribution in [3.8, 4) is 0 Å². The number of carbonyl (C=O) groups is 1. The Morgan fingerprint density at radius 2 is 2.26 bits per heavy atom. The molecule has 2 amide bonds. The van der Waals surface area contributed by atoms with E-state index in [0.717, 1.165) is 52.0 Å². The summed E-state index contributed by atoms with van der Waals surface area (Å²) in [6.45, 7) is 3.42. The Kier molecular flexibility index (Phi) is 2.74. The van der Waals surface area contributed by atoms with Crippen LogP contribution in [0.3, 0.4) is 0 Å². The van der Waals surface area contributed by atoms with E-state index < -0.39 is 0 Å². The smallest absolute Gasteiger partial charge is 0.317 e. The molecule has 1 spiro atoms. The number of carbonyl (C=O) groups excluding carboxylic acids is 1. The summed E-state index contributed by atoms with van der Waals surface area (Å²) in [5, 5.41) is 3.18. The molecule has 0 aliphatic carbocycles. The van der Waals surface area contributed by atoms with Crippen molar-refractivity contribution < 1.29 is 14.3 Å². The quantitative estimate of drug-likeness (QED) is 0.774. The molecule has 0 aromatic carbocycles. The van der Waals surface area contributed by atoms with Crippen LogP contribution in [0, 0.1) is 5.41 Å². The van der Waals surface area contributed by atoms with E-state index in [1.165, 1.54) is 6.42 Å². The lowest BCUT2D eigenvalue weighted by Crippen LogP contribution is -2.48. The highest BCUT2D eigenvalue weighted by Crippen LogP contribution is 2.38. The van der Waals surface area contributed by atoms with E-state index in [2.05, 4.69) is 5.32 Å². The fourth-order valence-electron chi connectivity index (χ4n) is 4.12. The van der Waals surface area contributed by atoms with Crippen molar-refractivity contribution >= 4 is 6.03 Å². The van der Waals surface area contributed by atoms with Gasteiger partial charge in [0.05, 0.1) is 24.9 Å². The van der Waals surface area contributed by atoms with Crippen LogP contribution >= 0.6 is 0 Å². The third kappa shape index (κ3) is 2.03. The van der Waals surface area contributed by atoms with Gasteiger partial charge in [-0.05, 0) is 32.1 Å². The molecule has 4 rings (SSSR count). The van der Waals surface area contributed by atoms with Gasteiger partial charge in [-0.25, -0.2) is 4.79 Å². The fraction of sp³-hybridized carbons (Fsp3) is 0.929. The average molecular weight is 266 g/mol. The van der Waals surface area contributed by atoms with Crippen LogP contribution in [0.5, 0.6) is 0 Å². The second-order valence-corrected chi connectivity index (χ2v) is 6.64. The molecule has 2 bridgehead atoms. The van der Waals surface area contributed by atoms with Crippen LogP contribution in [0.4, 0.5) is 4.79 Å². The number of nitrogens with zero attached hydrogens (tertiary/aromatic N) is 1. The Morgan fingerprint density at radius 1 is 1.32 bits per heavy atom. The molecule has 4 aliphatic heterocycles. The van der Waals surface area contributed by atoms with E-state index in [-0.39, 0.29) is 23.6 Å². The zero-order valence-electron chi connectivity index (χ0n) is 11.3. The molecule has 0 aromatic heterocycles. The van der Waals surface area contributed by atoms with Crippen molar-refractivity contribution in [1.82, 2.24) is 10.2 Å². The molecule has 4 heterocycles. The van der Waals surface area contributed by atoms with E-state index >= 15 is 0 Å². The first kappa shape index (κ1) is 12.0. The van der Waals surface area contributed by atoms with Crippen LogP contribution in [-0.4, -0.2) is 55.5 Å². The molecule has 106 valence electrons. The lowest BCUT2D eigenvalue weighted by Gasteiger charge is -2.26. The highest BCUT2D eigenvalue weighted by atomic mass is 16.5. The van der Waals surface area contributed by atoms with E-state index in [1.807, 2.05) is 4.90 Å². The summed E-state index contributed by atoms with van der Waals surface area (Å²) in [5.74, 6) is 0. The molecule has 5 heteroatoms. The Morgan fingerprint density at radius 3 is 2.95 bits per heavy atom. The van der Waals surface area contributed by atoms with Gasteiger partial charge in [-0.2, -0.15) is 0 Å². The maximum absolute atomic E-state index is 12.3. The Labute approximate surface area is 113 Å². The van der Waals surface area contributed by atoms with Gasteiger partial charge >= 0.3 is 6.03 Å². The number of nitrogens with one attached hydrogen (secondary N) is 1. The van der Waals surface area contributed by atoms with Gasteiger partial charge in [0, 0.05) is 25.1 Å². The number of hydrogen-bond donors (Lipinski definition) is 1. The lowest BCUT2D eigenvalue weighted by atomic mass is 9.87. The van der Waals surface area contributed by atoms with Crippen molar-refractivity contribution in [3.63, 3.8) is 0 Å². The van der Waals surface area contributed by atoms with Crippen molar-refractivity contribution in [2.75, 3.05) is 26.3 Å². The predicted molar refractivity (Wildman–Crippen MR) is 68.9 cm³/mol. The molecule has 1 N–H and O–H groups in total. The summed E-state index contributed by atoms with van der Waals surface area (Å²) in [5.41, 5.74) is 0.253. The fourth-order valence-corrected chi connectivity index (χ4v) is 4.12. The Balaban J connectivity index is 1.34. The maximum Gasteiger partial charge on any atom is 0.317 e. The highest BCUT2D eigenvalue weighted by Gasteiger charge is 2.45. The van der Waals surface area contributed by atoms with E-state index in [9.17, 15) is 4.79 Å². The minimum atomic E-state index is 0.102. The monoisotopic (exact) mass is 266 g/mol. The number of amides is 2.